The number of thiazole rings is 1. The quantitative estimate of drug-likeness (QED) is 0.704. The predicted octanol–water partition coefficient (Wildman–Crippen LogP) is 3.72. The van der Waals surface area contributed by atoms with Gasteiger partial charge in [0.05, 0.1) is 6.20 Å². The lowest BCUT2D eigenvalue weighted by Gasteiger charge is -2.34. The molecule has 1 amide bonds. The fourth-order valence-corrected chi connectivity index (χ4v) is 3.81. The van der Waals surface area contributed by atoms with Crippen molar-refractivity contribution in [1.82, 2.24) is 15.0 Å². The van der Waals surface area contributed by atoms with E-state index in [4.69, 9.17) is 0 Å². The molecule has 1 aliphatic rings. The van der Waals surface area contributed by atoms with Crippen molar-refractivity contribution >= 4 is 22.9 Å². The second-order valence-electron chi connectivity index (χ2n) is 5.96. The first-order valence-corrected chi connectivity index (χ1v) is 8.85. The number of halogens is 1. The third-order valence-corrected chi connectivity index (χ3v) is 5.16. The number of rotatable bonds is 2. The van der Waals surface area contributed by atoms with Gasteiger partial charge in [-0.3, -0.25) is 14.8 Å². The minimum atomic E-state index is -0.278. The van der Waals surface area contributed by atoms with Gasteiger partial charge in [-0.1, -0.05) is 0 Å². The molecule has 4 rings (SSSR count). The van der Waals surface area contributed by atoms with E-state index in [0.29, 0.717) is 16.4 Å². The molecule has 1 aromatic carbocycles. The Morgan fingerprint density at radius 3 is 3.04 bits per heavy atom. The molecule has 1 atom stereocenters. The minimum Gasteiger partial charge on any atom is -0.304 e. The lowest BCUT2D eigenvalue weighted by molar-refractivity contribution is 0.0971. The molecule has 1 unspecified atom stereocenters. The van der Waals surface area contributed by atoms with Gasteiger partial charge in [-0.05, 0) is 43.5 Å². The predicted molar refractivity (Wildman–Crippen MR) is 94.1 cm³/mol. The van der Waals surface area contributed by atoms with E-state index in [1.807, 2.05) is 6.92 Å². The first-order chi connectivity index (χ1) is 12.1. The standard InChI is InChI=1S/C18H15FN4OS/c1-11-2-3-12-8-13(19)4-5-16(12)23(11)18(24)15-10-25-17(22-15)14-9-20-6-7-21-14/h4-11H,2-3H2,1H3. The molecule has 0 saturated carbocycles. The number of nitrogens with zero attached hydrogens (tertiary/aromatic N) is 4. The summed E-state index contributed by atoms with van der Waals surface area (Å²) in [6, 6.07) is 4.61. The molecule has 0 bridgehead atoms. The second kappa shape index (κ2) is 6.33. The van der Waals surface area contributed by atoms with Crippen LogP contribution in [0, 0.1) is 5.82 Å². The van der Waals surface area contributed by atoms with Crippen molar-refractivity contribution in [2.24, 2.45) is 0 Å². The molecule has 0 N–H and O–H groups in total. The maximum Gasteiger partial charge on any atom is 0.278 e. The number of fused-ring (bicyclic) bond motifs is 1. The van der Waals surface area contributed by atoms with Crippen LogP contribution >= 0.6 is 11.3 Å². The van der Waals surface area contributed by atoms with Gasteiger partial charge in [-0.15, -0.1) is 11.3 Å². The van der Waals surface area contributed by atoms with Gasteiger partial charge in [0.1, 0.15) is 22.2 Å². The van der Waals surface area contributed by atoms with E-state index in [0.717, 1.165) is 24.1 Å². The van der Waals surface area contributed by atoms with Crippen LogP contribution in [0.2, 0.25) is 0 Å². The highest BCUT2D eigenvalue weighted by Gasteiger charge is 2.30. The number of hydrogen-bond donors (Lipinski definition) is 0. The normalized spacial score (nSPS) is 16.6. The Hall–Kier alpha value is -2.67. The van der Waals surface area contributed by atoms with Crippen molar-refractivity contribution in [2.45, 2.75) is 25.8 Å². The molecule has 2 aromatic heterocycles. The smallest absolute Gasteiger partial charge is 0.278 e. The summed E-state index contributed by atoms with van der Waals surface area (Å²) in [5.41, 5.74) is 2.63. The Balaban J connectivity index is 1.69. The summed E-state index contributed by atoms with van der Waals surface area (Å²) in [7, 11) is 0. The fourth-order valence-electron chi connectivity index (χ4n) is 3.05. The molecule has 1 aliphatic heterocycles. The lowest BCUT2D eigenvalue weighted by atomic mass is 9.96. The number of carbonyl (C=O) groups is 1. The summed E-state index contributed by atoms with van der Waals surface area (Å²) in [5, 5.41) is 2.39. The molecule has 25 heavy (non-hydrogen) atoms. The number of anilines is 1. The van der Waals surface area contributed by atoms with E-state index in [1.54, 1.807) is 34.9 Å². The van der Waals surface area contributed by atoms with Crippen molar-refractivity contribution in [2.75, 3.05) is 4.90 Å². The molecule has 0 spiro atoms. The average Bonchev–Trinajstić information content (AvgIpc) is 3.12. The largest absolute Gasteiger partial charge is 0.304 e. The fraction of sp³-hybridized carbons (Fsp3) is 0.222. The van der Waals surface area contributed by atoms with Gasteiger partial charge >= 0.3 is 0 Å². The van der Waals surface area contributed by atoms with Crippen molar-refractivity contribution in [1.29, 1.82) is 0 Å². The highest BCUT2D eigenvalue weighted by atomic mass is 32.1. The maximum atomic E-state index is 13.5. The Morgan fingerprint density at radius 1 is 1.36 bits per heavy atom. The topological polar surface area (TPSA) is 59.0 Å². The van der Waals surface area contributed by atoms with Gasteiger partial charge in [-0.25, -0.2) is 9.37 Å². The lowest BCUT2D eigenvalue weighted by Crippen LogP contribution is -2.42. The van der Waals surface area contributed by atoms with E-state index in [1.165, 1.54) is 23.5 Å². The van der Waals surface area contributed by atoms with Crippen molar-refractivity contribution in [3.8, 4) is 10.7 Å². The van der Waals surface area contributed by atoms with Crippen LogP contribution < -0.4 is 4.90 Å². The van der Waals surface area contributed by atoms with Crippen molar-refractivity contribution < 1.29 is 9.18 Å². The Bertz CT molecular complexity index is 928. The van der Waals surface area contributed by atoms with Crippen LogP contribution in [0.15, 0.2) is 42.2 Å². The first-order valence-electron chi connectivity index (χ1n) is 7.97. The van der Waals surface area contributed by atoms with Crippen molar-refractivity contribution in [3.05, 3.63) is 59.2 Å². The van der Waals surface area contributed by atoms with Crippen LogP contribution in [0.3, 0.4) is 0 Å². The Kier molecular flexibility index (Phi) is 4.01. The molecule has 0 radical (unpaired) electrons. The van der Waals surface area contributed by atoms with Gasteiger partial charge < -0.3 is 4.90 Å². The van der Waals surface area contributed by atoms with E-state index in [2.05, 4.69) is 15.0 Å². The minimum absolute atomic E-state index is 0.0344. The number of hydrogen-bond acceptors (Lipinski definition) is 5. The molecule has 5 nitrogen and oxygen atoms in total. The van der Waals surface area contributed by atoms with E-state index in [-0.39, 0.29) is 17.8 Å². The molecule has 0 fully saturated rings. The summed E-state index contributed by atoms with van der Waals surface area (Å²) in [4.78, 5) is 27.4. The number of aryl methyl sites for hydroxylation is 1. The zero-order chi connectivity index (χ0) is 17.4. The molecule has 3 heterocycles. The van der Waals surface area contributed by atoms with E-state index < -0.39 is 0 Å². The number of benzene rings is 1. The molecular weight excluding hydrogens is 339 g/mol. The molecule has 126 valence electrons. The SMILES string of the molecule is CC1CCc2cc(F)ccc2N1C(=O)c1csc(-c2cnccn2)n1. The summed E-state index contributed by atoms with van der Waals surface area (Å²) >= 11 is 1.36. The molecule has 0 aliphatic carbocycles. The van der Waals surface area contributed by atoms with Crippen LogP contribution in [0.4, 0.5) is 10.1 Å². The Morgan fingerprint density at radius 2 is 2.24 bits per heavy atom. The second-order valence-corrected chi connectivity index (χ2v) is 6.82. The van der Waals surface area contributed by atoms with Crippen LogP contribution in [0.25, 0.3) is 10.7 Å². The molecular formula is C18H15FN4OS. The molecule has 3 aromatic rings. The van der Waals surface area contributed by atoms with E-state index in [9.17, 15) is 9.18 Å². The van der Waals surface area contributed by atoms with Crippen LogP contribution in [0.5, 0.6) is 0 Å². The third kappa shape index (κ3) is 2.91. The highest BCUT2D eigenvalue weighted by Crippen LogP contribution is 2.33. The van der Waals surface area contributed by atoms with Gasteiger partial charge in [0.25, 0.3) is 5.91 Å². The zero-order valence-corrected chi connectivity index (χ0v) is 14.3. The molecule has 7 heteroatoms. The molecule has 0 saturated heterocycles. The maximum absolute atomic E-state index is 13.5. The van der Waals surface area contributed by atoms with Gasteiger partial charge in [0.15, 0.2) is 0 Å². The number of amides is 1. The number of carbonyl (C=O) groups excluding carboxylic acids is 1. The summed E-state index contributed by atoms with van der Waals surface area (Å²) < 4.78 is 13.5. The highest BCUT2D eigenvalue weighted by molar-refractivity contribution is 7.13. The van der Waals surface area contributed by atoms with E-state index >= 15 is 0 Å². The summed E-state index contributed by atoms with van der Waals surface area (Å²) in [6.45, 7) is 2.00. The van der Waals surface area contributed by atoms with Crippen LogP contribution in [-0.2, 0) is 6.42 Å². The van der Waals surface area contributed by atoms with Crippen LogP contribution in [0.1, 0.15) is 29.4 Å². The van der Waals surface area contributed by atoms with Crippen molar-refractivity contribution in [3.63, 3.8) is 0 Å². The van der Waals surface area contributed by atoms with Crippen LogP contribution in [-0.4, -0.2) is 26.9 Å². The number of aromatic nitrogens is 3. The zero-order valence-electron chi connectivity index (χ0n) is 13.5. The summed E-state index contributed by atoms with van der Waals surface area (Å²) in [6.07, 6.45) is 6.36. The Labute approximate surface area is 148 Å². The van der Waals surface area contributed by atoms with Gasteiger partial charge in [-0.2, -0.15) is 0 Å². The third-order valence-electron chi connectivity index (χ3n) is 4.30. The average molecular weight is 354 g/mol. The first kappa shape index (κ1) is 15.8. The summed E-state index contributed by atoms with van der Waals surface area (Å²) in [5.74, 6) is -0.453. The monoisotopic (exact) mass is 354 g/mol. The van der Waals surface area contributed by atoms with Gasteiger partial charge in [0.2, 0.25) is 0 Å². The van der Waals surface area contributed by atoms with Gasteiger partial charge in [0, 0.05) is 29.5 Å².